The van der Waals surface area contributed by atoms with Crippen molar-refractivity contribution >= 4 is 17.3 Å². The molecule has 0 bridgehead atoms. The summed E-state index contributed by atoms with van der Waals surface area (Å²) in [5, 5.41) is 10.00. The molecule has 5 rings (SSSR count). The van der Waals surface area contributed by atoms with Gasteiger partial charge < -0.3 is 9.64 Å². The molecule has 1 fully saturated rings. The third-order valence-electron chi connectivity index (χ3n) is 6.26. The minimum Gasteiger partial charge on any atom is -0.490 e. The van der Waals surface area contributed by atoms with E-state index in [1.54, 1.807) is 0 Å². The Bertz CT molecular complexity index is 1020. The van der Waals surface area contributed by atoms with Crippen LogP contribution in [0.15, 0.2) is 48.5 Å². The fourth-order valence-corrected chi connectivity index (χ4v) is 4.87. The number of benzene rings is 2. The summed E-state index contributed by atoms with van der Waals surface area (Å²) in [6, 6.07) is 16.6. The van der Waals surface area contributed by atoms with E-state index in [0.717, 1.165) is 66.0 Å². The molecule has 0 amide bonds. The highest BCUT2D eigenvalue weighted by molar-refractivity contribution is 6.31. The second-order valence-electron chi connectivity index (χ2n) is 8.57. The second kappa shape index (κ2) is 7.95. The van der Waals surface area contributed by atoms with Gasteiger partial charge in [-0.05, 0) is 69.9 Å². The highest BCUT2D eigenvalue weighted by atomic mass is 35.5. The van der Waals surface area contributed by atoms with E-state index in [0.29, 0.717) is 12.0 Å². The quantitative estimate of drug-likeness (QED) is 0.536. The van der Waals surface area contributed by atoms with Crippen LogP contribution in [-0.4, -0.2) is 26.9 Å². The summed E-state index contributed by atoms with van der Waals surface area (Å²) in [6.07, 6.45) is 4.47. The summed E-state index contributed by atoms with van der Waals surface area (Å²) in [4.78, 5) is 2.35. The number of nitrogens with zero attached hydrogens (tertiary/aromatic N) is 4. The average molecular weight is 423 g/mol. The zero-order valence-electron chi connectivity index (χ0n) is 17.5. The number of para-hydroxylation sites is 1. The summed E-state index contributed by atoms with van der Waals surface area (Å²) in [6.45, 7) is 5.15. The van der Waals surface area contributed by atoms with Crippen molar-refractivity contribution in [2.45, 2.75) is 64.1 Å². The standard InChI is InChI=1S/C24H27ClN4O/c1-16(2)28-15-23-26-27-24(29(23)21-13-10-18(25)14-22(21)28)17-8-11-20(12-9-17)30-19-6-4-3-5-7-19/h3-7,10,13-14,16-17,20H,8-9,11-12,15H2,1-2H3/t17-,20-. The molecule has 156 valence electrons. The molecule has 0 radical (unpaired) electrons. The number of rotatable bonds is 4. The van der Waals surface area contributed by atoms with Crippen LogP contribution >= 0.6 is 11.6 Å². The minimum atomic E-state index is 0.273. The van der Waals surface area contributed by atoms with E-state index in [-0.39, 0.29) is 6.10 Å². The molecule has 0 unspecified atom stereocenters. The van der Waals surface area contributed by atoms with Crippen molar-refractivity contribution in [2.24, 2.45) is 0 Å². The molecule has 1 aliphatic heterocycles. The lowest BCUT2D eigenvalue weighted by atomic mass is 9.86. The van der Waals surface area contributed by atoms with E-state index in [9.17, 15) is 0 Å². The van der Waals surface area contributed by atoms with Gasteiger partial charge in [-0.15, -0.1) is 10.2 Å². The number of halogens is 1. The molecule has 30 heavy (non-hydrogen) atoms. The van der Waals surface area contributed by atoms with Gasteiger partial charge in [-0.1, -0.05) is 29.8 Å². The fourth-order valence-electron chi connectivity index (χ4n) is 4.70. The third-order valence-corrected chi connectivity index (χ3v) is 6.50. The molecule has 0 spiro atoms. The fraction of sp³-hybridized carbons (Fsp3) is 0.417. The molecule has 0 N–H and O–H groups in total. The van der Waals surface area contributed by atoms with Gasteiger partial charge in [0.1, 0.15) is 11.6 Å². The zero-order chi connectivity index (χ0) is 20.7. The highest BCUT2D eigenvalue weighted by Gasteiger charge is 2.33. The van der Waals surface area contributed by atoms with Crippen molar-refractivity contribution in [3.63, 3.8) is 0 Å². The topological polar surface area (TPSA) is 43.2 Å². The van der Waals surface area contributed by atoms with Crippen LogP contribution in [0.5, 0.6) is 5.75 Å². The Hall–Kier alpha value is -2.53. The van der Waals surface area contributed by atoms with Gasteiger partial charge in [-0.2, -0.15) is 0 Å². The average Bonchev–Trinajstić information content (AvgIpc) is 3.18. The molecule has 5 nitrogen and oxygen atoms in total. The molecule has 2 aromatic carbocycles. The molecule has 2 aliphatic rings. The summed E-state index contributed by atoms with van der Waals surface area (Å²) < 4.78 is 8.45. The Balaban J connectivity index is 1.38. The monoisotopic (exact) mass is 422 g/mol. The van der Waals surface area contributed by atoms with E-state index in [1.165, 1.54) is 0 Å². The molecular weight excluding hydrogens is 396 g/mol. The number of anilines is 1. The molecule has 6 heteroatoms. The maximum atomic E-state index is 6.34. The van der Waals surface area contributed by atoms with Crippen molar-refractivity contribution < 1.29 is 4.74 Å². The van der Waals surface area contributed by atoms with Crippen LogP contribution in [0.2, 0.25) is 5.02 Å². The first-order chi connectivity index (χ1) is 14.6. The number of aromatic nitrogens is 3. The molecule has 1 saturated carbocycles. The zero-order valence-corrected chi connectivity index (χ0v) is 18.2. The Morgan fingerprint density at radius 2 is 1.73 bits per heavy atom. The van der Waals surface area contributed by atoms with Crippen LogP contribution in [0.25, 0.3) is 5.69 Å². The van der Waals surface area contributed by atoms with Crippen LogP contribution in [0.1, 0.15) is 57.1 Å². The van der Waals surface area contributed by atoms with Gasteiger partial charge in [-0.3, -0.25) is 4.57 Å². The molecule has 0 atom stereocenters. The predicted octanol–water partition coefficient (Wildman–Crippen LogP) is 5.75. The third kappa shape index (κ3) is 3.56. The number of hydrogen-bond acceptors (Lipinski definition) is 4. The van der Waals surface area contributed by atoms with Crippen molar-refractivity contribution in [3.05, 3.63) is 65.2 Å². The summed E-state index contributed by atoms with van der Waals surface area (Å²) in [5.41, 5.74) is 2.30. The largest absolute Gasteiger partial charge is 0.490 e. The van der Waals surface area contributed by atoms with Gasteiger partial charge in [0, 0.05) is 17.0 Å². The molecule has 3 aromatic rings. The van der Waals surface area contributed by atoms with E-state index >= 15 is 0 Å². The summed E-state index contributed by atoms with van der Waals surface area (Å²) in [7, 11) is 0. The normalized spacial score (nSPS) is 20.7. The highest BCUT2D eigenvalue weighted by Crippen LogP contribution is 2.40. The van der Waals surface area contributed by atoms with Gasteiger partial charge in [0.25, 0.3) is 0 Å². The second-order valence-corrected chi connectivity index (χ2v) is 9.01. The Labute approximate surface area is 182 Å². The van der Waals surface area contributed by atoms with Gasteiger partial charge in [0.05, 0.1) is 24.0 Å². The first-order valence-electron chi connectivity index (χ1n) is 10.8. The number of hydrogen-bond donors (Lipinski definition) is 0. The van der Waals surface area contributed by atoms with E-state index < -0.39 is 0 Å². The van der Waals surface area contributed by atoms with Crippen LogP contribution in [0.4, 0.5) is 5.69 Å². The van der Waals surface area contributed by atoms with E-state index in [4.69, 9.17) is 16.3 Å². The van der Waals surface area contributed by atoms with Crippen LogP contribution in [-0.2, 0) is 6.54 Å². The van der Waals surface area contributed by atoms with Crippen molar-refractivity contribution in [1.29, 1.82) is 0 Å². The lowest BCUT2D eigenvalue weighted by Crippen LogP contribution is -2.35. The maximum Gasteiger partial charge on any atom is 0.157 e. The smallest absolute Gasteiger partial charge is 0.157 e. The van der Waals surface area contributed by atoms with Crippen LogP contribution in [0, 0.1) is 0 Å². The Kier molecular flexibility index (Phi) is 5.15. The summed E-state index contributed by atoms with van der Waals surface area (Å²) in [5.74, 6) is 3.45. The number of ether oxygens (including phenoxy) is 1. The molecule has 1 aliphatic carbocycles. The lowest BCUT2D eigenvalue weighted by molar-refractivity contribution is 0.144. The lowest BCUT2D eigenvalue weighted by Gasteiger charge is -2.36. The predicted molar refractivity (Wildman–Crippen MR) is 120 cm³/mol. The Morgan fingerprint density at radius 3 is 2.47 bits per heavy atom. The molecular formula is C24H27ClN4O. The van der Waals surface area contributed by atoms with Gasteiger partial charge in [0.15, 0.2) is 5.82 Å². The van der Waals surface area contributed by atoms with E-state index in [1.807, 2.05) is 36.4 Å². The van der Waals surface area contributed by atoms with Gasteiger partial charge in [0.2, 0.25) is 0 Å². The van der Waals surface area contributed by atoms with Gasteiger partial charge in [-0.25, -0.2) is 0 Å². The summed E-state index contributed by atoms with van der Waals surface area (Å²) >= 11 is 6.34. The van der Waals surface area contributed by atoms with Gasteiger partial charge >= 0.3 is 0 Å². The van der Waals surface area contributed by atoms with Crippen molar-refractivity contribution in [3.8, 4) is 11.4 Å². The molecule has 0 saturated heterocycles. The number of fused-ring (bicyclic) bond motifs is 3. The van der Waals surface area contributed by atoms with Crippen LogP contribution < -0.4 is 9.64 Å². The molecule has 2 heterocycles. The molecule has 1 aromatic heterocycles. The van der Waals surface area contributed by atoms with E-state index in [2.05, 4.69) is 45.6 Å². The SMILES string of the molecule is CC(C)N1Cc2nnc([C@H]3CC[C@H](Oc4ccccc4)CC3)n2-c2ccc(Cl)cc21. The van der Waals surface area contributed by atoms with Crippen molar-refractivity contribution in [2.75, 3.05) is 4.90 Å². The Morgan fingerprint density at radius 1 is 0.967 bits per heavy atom. The maximum absolute atomic E-state index is 6.34. The first-order valence-corrected chi connectivity index (χ1v) is 11.2. The van der Waals surface area contributed by atoms with Crippen LogP contribution in [0.3, 0.4) is 0 Å². The minimum absolute atomic E-state index is 0.273. The van der Waals surface area contributed by atoms with Crippen molar-refractivity contribution in [1.82, 2.24) is 14.8 Å². The first kappa shape index (κ1) is 19.4.